The lowest BCUT2D eigenvalue weighted by Gasteiger charge is -2.38. The molecule has 0 spiro atoms. The molecule has 1 aliphatic heterocycles. The minimum Gasteiger partial charge on any atom is -0.468 e. The van der Waals surface area contributed by atoms with Crippen molar-refractivity contribution in [2.45, 2.75) is 26.4 Å². The Hall–Kier alpha value is -3.03. The van der Waals surface area contributed by atoms with Crippen molar-refractivity contribution >= 4 is 23.5 Å². The number of esters is 1. The highest BCUT2D eigenvalue weighted by Gasteiger charge is 2.34. The predicted octanol–water partition coefficient (Wildman–Crippen LogP) is 4.07. The van der Waals surface area contributed by atoms with Crippen LogP contribution in [-0.4, -0.2) is 59.5 Å². The van der Waals surface area contributed by atoms with Crippen molar-refractivity contribution in [1.82, 2.24) is 14.4 Å². The van der Waals surface area contributed by atoms with Gasteiger partial charge in [-0.05, 0) is 43.7 Å². The molecule has 1 fully saturated rings. The summed E-state index contributed by atoms with van der Waals surface area (Å²) < 4.78 is 12.6. The fourth-order valence-corrected chi connectivity index (χ4v) is 4.69. The molecule has 1 amide bonds. The van der Waals surface area contributed by atoms with Crippen LogP contribution in [0.1, 0.15) is 39.1 Å². The number of hydrogen-bond donors (Lipinski definition) is 0. The molecule has 1 atom stereocenters. The van der Waals surface area contributed by atoms with Crippen molar-refractivity contribution in [3.05, 3.63) is 82.0 Å². The molecule has 2 aromatic heterocycles. The molecule has 0 aliphatic carbocycles. The third-order valence-electron chi connectivity index (χ3n) is 6.29. The molecule has 7 nitrogen and oxygen atoms in total. The lowest BCUT2D eigenvalue weighted by molar-refractivity contribution is -0.148. The highest BCUT2D eigenvalue weighted by atomic mass is 35.5. The molecular formula is C25H28ClN3O4. The zero-order chi connectivity index (χ0) is 23.5. The SMILES string of the molecule is COC(=O)C(c1ccccc1Cl)N1CCN(C(=O)c2cc(C)n(Cc3ccco3)c2C)CC1. The van der Waals surface area contributed by atoms with E-state index in [0.29, 0.717) is 48.9 Å². The van der Waals surface area contributed by atoms with Crippen LogP contribution < -0.4 is 0 Å². The van der Waals surface area contributed by atoms with Crippen molar-refractivity contribution in [3.63, 3.8) is 0 Å². The Morgan fingerprint density at radius 2 is 1.82 bits per heavy atom. The average Bonchev–Trinajstić information content (AvgIpc) is 3.44. The first-order valence-corrected chi connectivity index (χ1v) is 11.3. The zero-order valence-electron chi connectivity index (χ0n) is 19.1. The first kappa shape index (κ1) is 23.1. The maximum absolute atomic E-state index is 13.3. The number of amides is 1. The minimum absolute atomic E-state index is 0.000747. The van der Waals surface area contributed by atoms with Gasteiger partial charge in [-0.3, -0.25) is 9.69 Å². The number of methoxy groups -OCH3 is 1. The second-order valence-electron chi connectivity index (χ2n) is 8.23. The minimum atomic E-state index is -0.598. The Labute approximate surface area is 198 Å². The van der Waals surface area contributed by atoms with Gasteiger partial charge < -0.3 is 18.6 Å². The number of aromatic nitrogens is 1. The Morgan fingerprint density at radius 1 is 1.09 bits per heavy atom. The van der Waals surface area contributed by atoms with Crippen molar-refractivity contribution in [3.8, 4) is 0 Å². The number of rotatable bonds is 6. The van der Waals surface area contributed by atoms with Crippen molar-refractivity contribution in [2.24, 2.45) is 0 Å². The molecule has 174 valence electrons. The lowest BCUT2D eigenvalue weighted by Crippen LogP contribution is -2.51. The number of ether oxygens (including phenoxy) is 1. The first-order chi connectivity index (χ1) is 15.9. The number of aryl methyl sites for hydroxylation is 1. The van der Waals surface area contributed by atoms with E-state index in [-0.39, 0.29) is 11.9 Å². The Bertz CT molecular complexity index is 1130. The van der Waals surface area contributed by atoms with Crippen molar-refractivity contribution in [2.75, 3.05) is 33.3 Å². The molecule has 1 saturated heterocycles. The topological polar surface area (TPSA) is 67.9 Å². The summed E-state index contributed by atoms with van der Waals surface area (Å²) in [5.74, 6) is 0.489. The summed E-state index contributed by atoms with van der Waals surface area (Å²) >= 11 is 6.38. The van der Waals surface area contributed by atoms with E-state index in [1.807, 2.05) is 60.0 Å². The number of carbonyl (C=O) groups excluding carboxylic acids is 2. The fourth-order valence-electron chi connectivity index (χ4n) is 4.45. The van der Waals surface area contributed by atoms with Crippen LogP contribution in [0.25, 0.3) is 0 Å². The number of carbonyl (C=O) groups is 2. The Morgan fingerprint density at radius 3 is 2.45 bits per heavy atom. The first-order valence-electron chi connectivity index (χ1n) is 11.0. The third-order valence-corrected chi connectivity index (χ3v) is 6.63. The van der Waals surface area contributed by atoms with Crippen molar-refractivity contribution in [1.29, 1.82) is 0 Å². The van der Waals surface area contributed by atoms with Gasteiger partial charge in [0.2, 0.25) is 0 Å². The molecule has 0 N–H and O–H groups in total. The summed E-state index contributed by atoms with van der Waals surface area (Å²) in [5.41, 5.74) is 3.34. The van der Waals surface area contributed by atoms with Gasteiger partial charge in [0.25, 0.3) is 5.91 Å². The van der Waals surface area contributed by atoms with Crippen LogP contribution in [0.4, 0.5) is 0 Å². The zero-order valence-corrected chi connectivity index (χ0v) is 19.8. The number of furan rings is 1. The lowest BCUT2D eigenvalue weighted by atomic mass is 10.0. The molecule has 3 heterocycles. The number of piperazine rings is 1. The van der Waals surface area contributed by atoms with Gasteiger partial charge in [0.05, 0.1) is 25.5 Å². The van der Waals surface area contributed by atoms with Gasteiger partial charge in [-0.2, -0.15) is 0 Å². The van der Waals surface area contributed by atoms with Crippen LogP contribution in [-0.2, 0) is 16.1 Å². The molecule has 0 bridgehead atoms. The summed E-state index contributed by atoms with van der Waals surface area (Å²) in [7, 11) is 1.38. The van der Waals surface area contributed by atoms with Crippen molar-refractivity contribution < 1.29 is 18.7 Å². The summed E-state index contributed by atoms with van der Waals surface area (Å²) in [4.78, 5) is 29.8. The smallest absolute Gasteiger partial charge is 0.327 e. The molecule has 1 aromatic carbocycles. The maximum Gasteiger partial charge on any atom is 0.327 e. The maximum atomic E-state index is 13.3. The van der Waals surface area contributed by atoms with E-state index in [2.05, 4.69) is 4.57 Å². The normalized spacial score (nSPS) is 15.5. The average molecular weight is 470 g/mol. The van der Waals surface area contributed by atoms with E-state index in [1.165, 1.54) is 7.11 Å². The molecule has 4 rings (SSSR count). The Kier molecular flexibility index (Phi) is 6.91. The number of nitrogens with zero attached hydrogens (tertiary/aromatic N) is 3. The molecule has 3 aromatic rings. The third kappa shape index (κ3) is 4.70. The predicted molar refractivity (Wildman–Crippen MR) is 125 cm³/mol. The summed E-state index contributed by atoms with van der Waals surface area (Å²) in [6, 6.07) is 12.4. The highest BCUT2D eigenvalue weighted by Crippen LogP contribution is 2.30. The molecule has 33 heavy (non-hydrogen) atoms. The largest absolute Gasteiger partial charge is 0.468 e. The van der Waals surface area contributed by atoms with Gasteiger partial charge in [0.1, 0.15) is 11.8 Å². The quantitative estimate of drug-likeness (QED) is 0.509. The highest BCUT2D eigenvalue weighted by molar-refractivity contribution is 6.31. The second kappa shape index (κ2) is 9.85. The van der Waals surface area contributed by atoms with Crippen LogP contribution in [0, 0.1) is 13.8 Å². The van der Waals surface area contributed by atoms with E-state index in [9.17, 15) is 9.59 Å². The number of hydrogen-bond acceptors (Lipinski definition) is 5. The van der Waals surface area contributed by atoms with Crippen LogP contribution in [0.3, 0.4) is 0 Å². The van der Waals surface area contributed by atoms with Gasteiger partial charge >= 0.3 is 5.97 Å². The van der Waals surface area contributed by atoms with E-state index < -0.39 is 6.04 Å². The van der Waals surface area contributed by atoms with Gasteiger partial charge in [-0.25, -0.2) is 4.79 Å². The Balaban J connectivity index is 1.48. The van der Waals surface area contributed by atoms with Crippen LogP contribution >= 0.6 is 11.6 Å². The standard InChI is InChI=1S/C25H28ClN3O4/c1-17-15-21(18(2)29(17)16-19-7-6-14-33-19)24(30)28-12-10-27(11-13-28)23(25(31)32-3)20-8-4-5-9-22(20)26/h4-9,14-15,23H,10-13,16H2,1-3H3. The van der Waals surface area contributed by atoms with Gasteiger partial charge in [-0.1, -0.05) is 29.8 Å². The van der Waals surface area contributed by atoms with E-state index in [4.69, 9.17) is 20.8 Å². The van der Waals surface area contributed by atoms with Gasteiger partial charge in [0.15, 0.2) is 0 Å². The second-order valence-corrected chi connectivity index (χ2v) is 8.63. The molecule has 1 aliphatic rings. The van der Waals surface area contributed by atoms with Gasteiger partial charge in [0, 0.05) is 42.6 Å². The summed E-state index contributed by atoms with van der Waals surface area (Å²) in [5, 5.41) is 0.524. The molecule has 1 unspecified atom stereocenters. The van der Waals surface area contributed by atoms with E-state index in [0.717, 1.165) is 17.1 Å². The fraction of sp³-hybridized carbons (Fsp3) is 0.360. The van der Waals surface area contributed by atoms with E-state index in [1.54, 1.807) is 12.3 Å². The van der Waals surface area contributed by atoms with Crippen LogP contribution in [0.2, 0.25) is 5.02 Å². The van der Waals surface area contributed by atoms with Gasteiger partial charge in [-0.15, -0.1) is 0 Å². The molecule has 8 heteroatoms. The molecular weight excluding hydrogens is 442 g/mol. The number of benzene rings is 1. The number of halogens is 1. The molecule has 0 saturated carbocycles. The molecule has 0 radical (unpaired) electrons. The van der Waals surface area contributed by atoms with E-state index >= 15 is 0 Å². The monoisotopic (exact) mass is 469 g/mol. The summed E-state index contributed by atoms with van der Waals surface area (Å²) in [6.45, 7) is 6.66. The summed E-state index contributed by atoms with van der Waals surface area (Å²) in [6.07, 6.45) is 1.65. The van der Waals surface area contributed by atoms with Crippen LogP contribution in [0.5, 0.6) is 0 Å². The van der Waals surface area contributed by atoms with Crippen LogP contribution in [0.15, 0.2) is 53.1 Å².